The Labute approximate surface area is 116 Å². The number of hydrogen-bond acceptors (Lipinski definition) is 3. The van der Waals surface area contributed by atoms with Gasteiger partial charge in [-0.15, -0.1) is 0 Å². The van der Waals surface area contributed by atoms with E-state index in [-0.39, 0.29) is 10.8 Å². The van der Waals surface area contributed by atoms with Crippen LogP contribution in [0.4, 0.5) is 4.39 Å². The molecule has 1 aromatic carbocycles. The van der Waals surface area contributed by atoms with Crippen LogP contribution < -0.4 is 10.1 Å². The van der Waals surface area contributed by atoms with Crippen LogP contribution in [0.5, 0.6) is 5.88 Å². The molecule has 0 radical (unpaired) electrons. The fourth-order valence-corrected chi connectivity index (χ4v) is 1.86. The molecule has 0 bridgehead atoms. The second-order valence-corrected chi connectivity index (χ2v) is 4.43. The minimum atomic E-state index is -0.371. The average Bonchev–Trinajstić information content (AvgIpc) is 2.44. The van der Waals surface area contributed by atoms with Crippen molar-refractivity contribution in [1.82, 2.24) is 10.3 Å². The average molecular weight is 281 g/mol. The summed E-state index contributed by atoms with van der Waals surface area (Å²) in [6.45, 7) is 1.02. The molecule has 2 aromatic rings. The molecule has 1 aromatic heterocycles. The van der Waals surface area contributed by atoms with E-state index in [0.717, 1.165) is 5.56 Å². The zero-order valence-electron chi connectivity index (χ0n) is 10.5. The van der Waals surface area contributed by atoms with Crippen LogP contribution >= 0.6 is 11.6 Å². The van der Waals surface area contributed by atoms with Crippen molar-refractivity contribution in [3.63, 3.8) is 0 Å². The van der Waals surface area contributed by atoms with E-state index in [2.05, 4.69) is 10.3 Å². The Morgan fingerprint density at radius 2 is 2.11 bits per heavy atom. The van der Waals surface area contributed by atoms with E-state index in [1.165, 1.54) is 6.07 Å². The van der Waals surface area contributed by atoms with Crippen molar-refractivity contribution in [2.75, 3.05) is 7.11 Å². The summed E-state index contributed by atoms with van der Waals surface area (Å²) in [6.07, 6.45) is 1.72. The lowest BCUT2D eigenvalue weighted by Crippen LogP contribution is -2.14. The Bertz CT molecular complexity index is 546. The molecule has 0 atom stereocenters. The van der Waals surface area contributed by atoms with Gasteiger partial charge in [-0.25, -0.2) is 9.37 Å². The number of rotatable bonds is 5. The molecule has 0 saturated carbocycles. The largest absolute Gasteiger partial charge is 0.481 e. The van der Waals surface area contributed by atoms with Crippen molar-refractivity contribution >= 4 is 11.6 Å². The predicted octanol–water partition coefficient (Wildman–Crippen LogP) is 3.17. The zero-order valence-corrected chi connectivity index (χ0v) is 11.2. The van der Waals surface area contributed by atoms with Crippen molar-refractivity contribution in [1.29, 1.82) is 0 Å². The molecule has 2 rings (SSSR count). The van der Waals surface area contributed by atoms with Gasteiger partial charge in [0, 0.05) is 30.9 Å². The van der Waals surface area contributed by atoms with Crippen molar-refractivity contribution in [2.45, 2.75) is 13.1 Å². The van der Waals surface area contributed by atoms with Gasteiger partial charge in [-0.3, -0.25) is 0 Å². The summed E-state index contributed by atoms with van der Waals surface area (Å²) in [7, 11) is 1.57. The molecule has 1 N–H and O–H groups in total. The second kappa shape index (κ2) is 6.50. The van der Waals surface area contributed by atoms with Crippen molar-refractivity contribution in [3.8, 4) is 5.88 Å². The molecule has 0 aliphatic heterocycles. The minimum absolute atomic E-state index is 0.144. The molecule has 5 heteroatoms. The van der Waals surface area contributed by atoms with E-state index in [9.17, 15) is 4.39 Å². The molecule has 0 aliphatic rings. The summed E-state index contributed by atoms with van der Waals surface area (Å²) in [5.74, 6) is 0.203. The van der Waals surface area contributed by atoms with Crippen LogP contribution in [0.2, 0.25) is 5.02 Å². The van der Waals surface area contributed by atoms with Crippen LogP contribution in [-0.2, 0) is 13.1 Å². The van der Waals surface area contributed by atoms with Gasteiger partial charge in [0.05, 0.1) is 12.1 Å². The third kappa shape index (κ3) is 3.66. The normalized spacial score (nSPS) is 10.5. The van der Waals surface area contributed by atoms with Gasteiger partial charge in [-0.2, -0.15) is 0 Å². The third-order valence-electron chi connectivity index (χ3n) is 2.68. The minimum Gasteiger partial charge on any atom is -0.481 e. The van der Waals surface area contributed by atoms with Crippen LogP contribution in [0.1, 0.15) is 11.1 Å². The van der Waals surface area contributed by atoms with E-state index in [0.29, 0.717) is 24.5 Å². The van der Waals surface area contributed by atoms with Gasteiger partial charge in [-0.1, -0.05) is 29.8 Å². The first-order valence-corrected chi connectivity index (χ1v) is 6.21. The molecular weight excluding hydrogens is 267 g/mol. The summed E-state index contributed by atoms with van der Waals surface area (Å²) in [6, 6.07) is 8.68. The van der Waals surface area contributed by atoms with E-state index >= 15 is 0 Å². The van der Waals surface area contributed by atoms with E-state index in [1.54, 1.807) is 31.5 Å². The highest BCUT2D eigenvalue weighted by Crippen LogP contribution is 2.17. The quantitative estimate of drug-likeness (QED) is 0.913. The van der Waals surface area contributed by atoms with Gasteiger partial charge >= 0.3 is 0 Å². The molecule has 100 valence electrons. The van der Waals surface area contributed by atoms with Crippen LogP contribution in [0, 0.1) is 5.82 Å². The van der Waals surface area contributed by atoms with Gasteiger partial charge in [0.15, 0.2) is 0 Å². The lowest BCUT2D eigenvalue weighted by Gasteiger charge is -2.07. The number of ether oxygens (including phenoxy) is 1. The molecule has 0 fully saturated rings. The SMILES string of the molecule is COc1ccc(CNCc2cccc(Cl)c2F)cn1. The lowest BCUT2D eigenvalue weighted by molar-refractivity contribution is 0.397. The molecule has 1 heterocycles. The fraction of sp³-hybridized carbons (Fsp3) is 0.214. The lowest BCUT2D eigenvalue weighted by atomic mass is 10.2. The molecule has 0 unspecified atom stereocenters. The summed E-state index contributed by atoms with van der Waals surface area (Å²) in [5, 5.41) is 3.29. The number of methoxy groups -OCH3 is 1. The Morgan fingerprint density at radius 3 is 2.79 bits per heavy atom. The highest BCUT2D eigenvalue weighted by Gasteiger charge is 2.05. The number of pyridine rings is 1. The summed E-state index contributed by atoms with van der Waals surface area (Å²) >= 11 is 5.72. The molecule has 0 aliphatic carbocycles. The standard InChI is InChI=1S/C14H14ClFN2O/c1-19-13-6-5-10(8-18-13)7-17-9-11-3-2-4-12(15)14(11)16/h2-6,8,17H,7,9H2,1H3. The monoisotopic (exact) mass is 280 g/mol. The molecule has 0 spiro atoms. The number of nitrogens with one attached hydrogen (secondary N) is 1. The maximum absolute atomic E-state index is 13.6. The Balaban J connectivity index is 1.90. The van der Waals surface area contributed by atoms with Crippen LogP contribution in [-0.4, -0.2) is 12.1 Å². The Morgan fingerprint density at radius 1 is 1.26 bits per heavy atom. The number of hydrogen-bond donors (Lipinski definition) is 1. The predicted molar refractivity (Wildman–Crippen MR) is 72.7 cm³/mol. The molecule has 0 amide bonds. The topological polar surface area (TPSA) is 34.1 Å². The van der Waals surface area contributed by atoms with Crippen molar-refractivity contribution in [2.24, 2.45) is 0 Å². The number of aromatic nitrogens is 1. The smallest absolute Gasteiger partial charge is 0.212 e. The highest BCUT2D eigenvalue weighted by atomic mass is 35.5. The maximum atomic E-state index is 13.6. The number of nitrogens with zero attached hydrogens (tertiary/aromatic N) is 1. The maximum Gasteiger partial charge on any atom is 0.212 e. The summed E-state index contributed by atoms with van der Waals surface area (Å²) < 4.78 is 18.6. The molecule has 0 saturated heterocycles. The second-order valence-electron chi connectivity index (χ2n) is 4.03. The Kier molecular flexibility index (Phi) is 4.71. The van der Waals surface area contributed by atoms with Crippen LogP contribution in [0.15, 0.2) is 36.5 Å². The summed E-state index contributed by atoms with van der Waals surface area (Å²) in [4.78, 5) is 4.10. The zero-order chi connectivity index (χ0) is 13.7. The van der Waals surface area contributed by atoms with Gasteiger partial charge in [-0.05, 0) is 11.6 Å². The van der Waals surface area contributed by atoms with E-state index in [1.807, 2.05) is 6.07 Å². The van der Waals surface area contributed by atoms with Gasteiger partial charge in [0.2, 0.25) is 5.88 Å². The molecule has 3 nitrogen and oxygen atoms in total. The fourth-order valence-electron chi connectivity index (χ4n) is 1.66. The van der Waals surface area contributed by atoms with Crippen molar-refractivity contribution < 1.29 is 9.13 Å². The first kappa shape index (κ1) is 13.8. The van der Waals surface area contributed by atoms with Gasteiger partial charge < -0.3 is 10.1 Å². The molecular formula is C14H14ClFN2O. The highest BCUT2D eigenvalue weighted by molar-refractivity contribution is 6.30. The number of halogens is 2. The van der Waals surface area contributed by atoms with E-state index < -0.39 is 0 Å². The van der Waals surface area contributed by atoms with Crippen LogP contribution in [0.3, 0.4) is 0 Å². The molecule has 19 heavy (non-hydrogen) atoms. The van der Waals surface area contributed by atoms with Crippen LogP contribution in [0.25, 0.3) is 0 Å². The summed E-state index contributed by atoms with van der Waals surface area (Å²) in [5.41, 5.74) is 1.55. The number of benzene rings is 1. The Hall–Kier alpha value is -1.65. The first-order valence-electron chi connectivity index (χ1n) is 5.83. The van der Waals surface area contributed by atoms with Gasteiger partial charge in [0.25, 0.3) is 0 Å². The van der Waals surface area contributed by atoms with Gasteiger partial charge in [0.1, 0.15) is 5.82 Å². The third-order valence-corrected chi connectivity index (χ3v) is 2.97. The van der Waals surface area contributed by atoms with E-state index in [4.69, 9.17) is 16.3 Å². The first-order chi connectivity index (χ1) is 9.20. The van der Waals surface area contributed by atoms with Crippen molar-refractivity contribution in [3.05, 3.63) is 58.5 Å².